The SMILES string of the molecule is CCCNc1cc2ccccc2oc1=O. The third-order valence-electron chi connectivity index (χ3n) is 2.21. The summed E-state index contributed by atoms with van der Waals surface area (Å²) >= 11 is 0. The van der Waals surface area contributed by atoms with Gasteiger partial charge in [-0.15, -0.1) is 0 Å². The Hall–Kier alpha value is -1.77. The number of benzene rings is 1. The minimum atomic E-state index is -0.304. The average molecular weight is 203 g/mol. The van der Waals surface area contributed by atoms with Crippen LogP contribution in [0.25, 0.3) is 11.0 Å². The van der Waals surface area contributed by atoms with E-state index < -0.39 is 0 Å². The summed E-state index contributed by atoms with van der Waals surface area (Å²) in [5.41, 5.74) is 0.863. The number of para-hydroxylation sites is 1. The van der Waals surface area contributed by atoms with Crippen LogP contribution in [-0.4, -0.2) is 6.54 Å². The van der Waals surface area contributed by atoms with Crippen molar-refractivity contribution in [1.82, 2.24) is 0 Å². The van der Waals surface area contributed by atoms with Gasteiger partial charge in [-0.3, -0.25) is 0 Å². The monoisotopic (exact) mass is 203 g/mol. The van der Waals surface area contributed by atoms with E-state index in [2.05, 4.69) is 12.2 Å². The Morgan fingerprint density at radius 2 is 2.13 bits per heavy atom. The van der Waals surface area contributed by atoms with Crippen molar-refractivity contribution in [3.05, 3.63) is 40.8 Å². The zero-order chi connectivity index (χ0) is 10.7. The maximum Gasteiger partial charge on any atom is 0.359 e. The topological polar surface area (TPSA) is 42.2 Å². The van der Waals surface area contributed by atoms with Gasteiger partial charge in [0.1, 0.15) is 11.3 Å². The van der Waals surface area contributed by atoms with Gasteiger partial charge in [-0.25, -0.2) is 4.79 Å². The minimum absolute atomic E-state index is 0.304. The molecule has 0 saturated carbocycles. The lowest BCUT2D eigenvalue weighted by molar-refractivity contribution is 0.563. The zero-order valence-corrected chi connectivity index (χ0v) is 8.62. The Balaban J connectivity index is 2.48. The quantitative estimate of drug-likeness (QED) is 0.780. The van der Waals surface area contributed by atoms with Gasteiger partial charge < -0.3 is 9.73 Å². The smallest absolute Gasteiger partial charge is 0.359 e. The van der Waals surface area contributed by atoms with Crippen LogP contribution in [0.4, 0.5) is 5.69 Å². The second-order valence-corrected chi connectivity index (χ2v) is 3.41. The maximum absolute atomic E-state index is 11.5. The summed E-state index contributed by atoms with van der Waals surface area (Å²) in [6, 6.07) is 9.32. The van der Waals surface area contributed by atoms with Crippen LogP contribution >= 0.6 is 0 Å². The third kappa shape index (κ3) is 2.01. The molecule has 0 aliphatic heterocycles. The number of rotatable bonds is 3. The van der Waals surface area contributed by atoms with E-state index in [1.165, 1.54) is 0 Å². The van der Waals surface area contributed by atoms with E-state index >= 15 is 0 Å². The Bertz CT molecular complexity index is 516. The van der Waals surface area contributed by atoms with Gasteiger partial charge in [0.05, 0.1) is 0 Å². The largest absolute Gasteiger partial charge is 0.421 e. The normalized spacial score (nSPS) is 10.5. The second-order valence-electron chi connectivity index (χ2n) is 3.41. The molecule has 3 heteroatoms. The number of hydrogen-bond donors (Lipinski definition) is 1. The molecule has 3 nitrogen and oxygen atoms in total. The summed E-state index contributed by atoms with van der Waals surface area (Å²) in [5, 5.41) is 3.99. The first-order valence-electron chi connectivity index (χ1n) is 5.08. The van der Waals surface area contributed by atoms with E-state index in [0.29, 0.717) is 11.3 Å². The first kappa shape index (κ1) is 9.77. The van der Waals surface area contributed by atoms with Crippen molar-refractivity contribution in [3.8, 4) is 0 Å². The molecule has 1 N–H and O–H groups in total. The standard InChI is InChI=1S/C12H13NO2/c1-2-7-13-10-8-9-5-3-4-6-11(9)15-12(10)14/h3-6,8,13H,2,7H2,1H3. The van der Waals surface area contributed by atoms with Gasteiger partial charge in [0.25, 0.3) is 0 Å². The second kappa shape index (κ2) is 4.17. The lowest BCUT2D eigenvalue weighted by Gasteiger charge is -2.03. The Kier molecular flexibility index (Phi) is 2.72. The highest BCUT2D eigenvalue weighted by atomic mass is 16.4. The fourth-order valence-corrected chi connectivity index (χ4v) is 1.44. The van der Waals surface area contributed by atoms with Crippen LogP contribution in [0.15, 0.2) is 39.5 Å². The third-order valence-corrected chi connectivity index (χ3v) is 2.21. The minimum Gasteiger partial charge on any atom is -0.421 e. The van der Waals surface area contributed by atoms with E-state index in [9.17, 15) is 4.79 Å². The van der Waals surface area contributed by atoms with Crippen molar-refractivity contribution in [3.63, 3.8) is 0 Å². The molecule has 0 bridgehead atoms. The van der Waals surface area contributed by atoms with Crippen LogP contribution in [-0.2, 0) is 0 Å². The number of anilines is 1. The lowest BCUT2D eigenvalue weighted by Crippen LogP contribution is -2.10. The first-order valence-corrected chi connectivity index (χ1v) is 5.08. The van der Waals surface area contributed by atoms with Crippen molar-refractivity contribution < 1.29 is 4.42 Å². The van der Waals surface area contributed by atoms with Crippen molar-refractivity contribution >= 4 is 16.7 Å². The number of nitrogens with one attached hydrogen (secondary N) is 1. The van der Waals surface area contributed by atoms with Gasteiger partial charge in [0.2, 0.25) is 0 Å². The van der Waals surface area contributed by atoms with Crippen LogP contribution in [0.3, 0.4) is 0 Å². The molecule has 0 aliphatic carbocycles. The molecule has 1 aromatic heterocycles. The summed E-state index contributed by atoms with van der Waals surface area (Å²) in [6.45, 7) is 2.83. The number of fused-ring (bicyclic) bond motifs is 1. The highest BCUT2D eigenvalue weighted by molar-refractivity contribution is 5.79. The van der Waals surface area contributed by atoms with Gasteiger partial charge in [-0.2, -0.15) is 0 Å². The molecular formula is C12H13NO2. The Labute approximate surface area is 87.7 Å². The van der Waals surface area contributed by atoms with E-state index in [-0.39, 0.29) is 5.63 Å². The number of hydrogen-bond acceptors (Lipinski definition) is 3. The van der Waals surface area contributed by atoms with E-state index in [1.54, 1.807) is 6.07 Å². The molecule has 0 aliphatic rings. The van der Waals surface area contributed by atoms with Gasteiger partial charge in [-0.05, 0) is 18.6 Å². The van der Waals surface area contributed by atoms with E-state index in [0.717, 1.165) is 18.4 Å². The van der Waals surface area contributed by atoms with Crippen LogP contribution < -0.4 is 10.9 Å². The van der Waals surface area contributed by atoms with Crippen molar-refractivity contribution in [1.29, 1.82) is 0 Å². The molecule has 2 aromatic rings. The predicted octanol–water partition coefficient (Wildman–Crippen LogP) is 2.61. The molecule has 0 spiro atoms. The molecule has 0 fully saturated rings. The molecule has 1 aromatic carbocycles. The average Bonchev–Trinajstić information content (AvgIpc) is 2.26. The molecule has 0 amide bonds. The fourth-order valence-electron chi connectivity index (χ4n) is 1.44. The van der Waals surface area contributed by atoms with Crippen molar-refractivity contribution in [2.75, 3.05) is 11.9 Å². The van der Waals surface area contributed by atoms with Gasteiger partial charge >= 0.3 is 5.63 Å². The highest BCUT2D eigenvalue weighted by Gasteiger charge is 2.02. The molecule has 1 heterocycles. The summed E-state index contributed by atoms with van der Waals surface area (Å²) in [6.07, 6.45) is 0.978. The summed E-state index contributed by atoms with van der Waals surface area (Å²) < 4.78 is 5.17. The first-order chi connectivity index (χ1) is 7.31. The van der Waals surface area contributed by atoms with Crippen LogP contribution in [0, 0.1) is 0 Å². The molecular weight excluding hydrogens is 190 g/mol. The van der Waals surface area contributed by atoms with Crippen LogP contribution in [0.2, 0.25) is 0 Å². The van der Waals surface area contributed by atoms with Crippen molar-refractivity contribution in [2.24, 2.45) is 0 Å². The van der Waals surface area contributed by atoms with Gasteiger partial charge in [0.15, 0.2) is 0 Å². The molecule has 15 heavy (non-hydrogen) atoms. The molecule has 2 rings (SSSR count). The van der Waals surface area contributed by atoms with Gasteiger partial charge in [0, 0.05) is 11.9 Å². The summed E-state index contributed by atoms with van der Waals surface area (Å²) in [5.74, 6) is 0. The summed E-state index contributed by atoms with van der Waals surface area (Å²) in [7, 11) is 0. The van der Waals surface area contributed by atoms with E-state index in [4.69, 9.17) is 4.42 Å². The van der Waals surface area contributed by atoms with Crippen LogP contribution in [0.5, 0.6) is 0 Å². The fraction of sp³-hybridized carbons (Fsp3) is 0.250. The predicted molar refractivity (Wildman–Crippen MR) is 61.3 cm³/mol. The lowest BCUT2D eigenvalue weighted by atomic mass is 10.2. The molecule has 0 radical (unpaired) electrons. The van der Waals surface area contributed by atoms with Crippen molar-refractivity contribution in [2.45, 2.75) is 13.3 Å². The molecule has 0 saturated heterocycles. The van der Waals surface area contributed by atoms with E-state index in [1.807, 2.05) is 24.3 Å². The Morgan fingerprint density at radius 1 is 1.33 bits per heavy atom. The zero-order valence-electron chi connectivity index (χ0n) is 8.62. The molecule has 0 unspecified atom stereocenters. The highest BCUT2D eigenvalue weighted by Crippen LogP contribution is 2.14. The molecule has 78 valence electrons. The summed E-state index contributed by atoms with van der Waals surface area (Å²) in [4.78, 5) is 11.5. The van der Waals surface area contributed by atoms with Crippen LogP contribution in [0.1, 0.15) is 13.3 Å². The maximum atomic E-state index is 11.5. The Morgan fingerprint density at radius 3 is 2.93 bits per heavy atom. The van der Waals surface area contributed by atoms with Gasteiger partial charge in [-0.1, -0.05) is 25.1 Å². The molecule has 0 atom stereocenters.